The van der Waals surface area contributed by atoms with Crippen LogP contribution < -0.4 is 0 Å². The summed E-state index contributed by atoms with van der Waals surface area (Å²) in [6.07, 6.45) is 4.95. The number of hydrogen-bond acceptors (Lipinski definition) is 2. The summed E-state index contributed by atoms with van der Waals surface area (Å²) in [6, 6.07) is 10.5. The van der Waals surface area contributed by atoms with Crippen LogP contribution in [0.2, 0.25) is 0 Å². The maximum Gasteiger partial charge on any atom is 0.339 e. The van der Waals surface area contributed by atoms with Gasteiger partial charge < -0.3 is 10.2 Å². The van der Waals surface area contributed by atoms with Gasteiger partial charge in [-0.2, -0.15) is 0 Å². The molecule has 0 unspecified atom stereocenters. The quantitative estimate of drug-likeness (QED) is 0.784. The Morgan fingerprint density at radius 1 is 1.00 bits per heavy atom. The van der Waals surface area contributed by atoms with Crippen LogP contribution in [0.5, 0.6) is 5.75 Å². The Morgan fingerprint density at radius 3 is 2.27 bits per heavy atom. The molecule has 2 aromatic rings. The number of allylic oxidation sites excluding steroid dienone is 2. The summed E-state index contributed by atoms with van der Waals surface area (Å²) < 4.78 is 0. The molecule has 0 amide bonds. The van der Waals surface area contributed by atoms with E-state index in [1.165, 1.54) is 6.07 Å². The van der Waals surface area contributed by atoms with Gasteiger partial charge in [0.05, 0.1) is 0 Å². The van der Waals surface area contributed by atoms with Gasteiger partial charge in [0, 0.05) is 5.56 Å². The SMILES string of the molecule is C=CCc1cccc(-c2cccc(C(=O)O)c2O)c1CC=C. The van der Waals surface area contributed by atoms with Crippen molar-refractivity contribution in [2.75, 3.05) is 0 Å². The van der Waals surface area contributed by atoms with Gasteiger partial charge in [0.25, 0.3) is 0 Å². The fraction of sp³-hybridized carbons (Fsp3) is 0.105. The highest BCUT2D eigenvalue weighted by molar-refractivity contribution is 5.94. The van der Waals surface area contributed by atoms with Crippen molar-refractivity contribution in [2.45, 2.75) is 12.8 Å². The Labute approximate surface area is 129 Å². The summed E-state index contributed by atoms with van der Waals surface area (Å²) in [4.78, 5) is 11.2. The topological polar surface area (TPSA) is 57.5 Å². The van der Waals surface area contributed by atoms with Crippen LogP contribution in [0.15, 0.2) is 61.7 Å². The Bertz CT molecular complexity index is 729. The number of para-hydroxylation sites is 1. The smallest absolute Gasteiger partial charge is 0.339 e. The van der Waals surface area contributed by atoms with Crippen molar-refractivity contribution in [1.29, 1.82) is 0 Å². The normalized spacial score (nSPS) is 10.2. The van der Waals surface area contributed by atoms with E-state index in [2.05, 4.69) is 13.2 Å². The van der Waals surface area contributed by atoms with E-state index in [4.69, 9.17) is 5.11 Å². The largest absolute Gasteiger partial charge is 0.506 e. The fourth-order valence-electron chi connectivity index (χ4n) is 2.55. The molecule has 0 aliphatic heterocycles. The Kier molecular flexibility index (Phi) is 4.79. The first-order valence-corrected chi connectivity index (χ1v) is 6.98. The number of rotatable bonds is 6. The molecule has 0 saturated heterocycles. The first-order valence-electron chi connectivity index (χ1n) is 6.98. The third-order valence-electron chi connectivity index (χ3n) is 3.54. The lowest BCUT2D eigenvalue weighted by molar-refractivity contribution is 0.0694. The lowest BCUT2D eigenvalue weighted by Gasteiger charge is -2.15. The number of aromatic hydroxyl groups is 1. The molecule has 112 valence electrons. The average molecular weight is 294 g/mol. The van der Waals surface area contributed by atoms with E-state index >= 15 is 0 Å². The Hall–Kier alpha value is -2.81. The van der Waals surface area contributed by atoms with Crippen LogP contribution in [-0.2, 0) is 12.8 Å². The lowest BCUT2D eigenvalue weighted by Crippen LogP contribution is -2.00. The Balaban J connectivity index is 2.69. The fourth-order valence-corrected chi connectivity index (χ4v) is 2.55. The summed E-state index contributed by atoms with van der Waals surface area (Å²) >= 11 is 0. The van der Waals surface area contributed by atoms with Gasteiger partial charge in [-0.05, 0) is 35.6 Å². The molecule has 0 saturated carbocycles. The average Bonchev–Trinajstić information content (AvgIpc) is 2.49. The standard InChI is InChI=1S/C19H18O3/c1-3-7-13-9-5-10-15(14(13)8-4-2)16-11-6-12-17(18(16)20)19(21)22/h3-6,9-12,20H,1-2,7-8H2,(H,21,22). The zero-order chi connectivity index (χ0) is 16.1. The van der Waals surface area contributed by atoms with Crippen LogP contribution in [0.25, 0.3) is 11.1 Å². The second-order valence-corrected chi connectivity index (χ2v) is 4.94. The highest BCUT2D eigenvalue weighted by Gasteiger charge is 2.17. The molecule has 0 aromatic heterocycles. The number of carboxylic acid groups (broad SMARTS) is 1. The number of benzene rings is 2. The molecule has 3 heteroatoms. The van der Waals surface area contributed by atoms with Gasteiger partial charge in [0.15, 0.2) is 0 Å². The zero-order valence-corrected chi connectivity index (χ0v) is 12.2. The van der Waals surface area contributed by atoms with Crippen molar-refractivity contribution in [3.8, 4) is 16.9 Å². The molecular weight excluding hydrogens is 276 g/mol. The van der Waals surface area contributed by atoms with E-state index in [1.54, 1.807) is 18.2 Å². The number of carbonyl (C=O) groups is 1. The van der Waals surface area contributed by atoms with Gasteiger partial charge in [-0.1, -0.05) is 42.5 Å². The molecule has 0 heterocycles. The lowest BCUT2D eigenvalue weighted by atomic mass is 9.90. The second-order valence-electron chi connectivity index (χ2n) is 4.94. The number of hydrogen-bond donors (Lipinski definition) is 2. The monoisotopic (exact) mass is 294 g/mol. The molecule has 0 fully saturated rings. The van der Waals surface area contributed by atoms with Gasteiger partial charge in [-0.3, -0.25) is 0 Å². The third-order valence-corrected chi connectivity index (χ3v) is 3.54. The van der Waals surface area contributed by atoms with E-state index in [1.807, 2.05) is 24.3 Å². The van der Waals surface area contributed by atoms with Gasteiger partial charge in [0.1, 0.15) is 11.3 Å². The third kappa shape index (κ3) is 2.93. The van der Waals surface area contributed by atoms with E-state index in [9.17, 15) is 9.90 Å². The van der Waals surface area contributed by atoms with Crippen molar-refractivity contribution < 1.29 is 15.0 Å². The molecule has 0 atom stereocenters. The molecule has 0 aliphatic carbocycles. The maximum absolute atomic E-state index is 11.2. The zero-order valence-electron chi connectivity index (χ0n) is 12.2. The van der Waals surface area contributed by atoms with Crippen molar-refractivity contribution in [3.05, 3.63) is 78.4 Å². The van der Waals surface area contributed by atoms with Gasteiger partial charge in [0.2, 0.25) is 0 Å². The number of phenols is 1. The molecule has 3 nitrogen and oxygen atoms in total. The van der Waals surface area contributed by atoms with Crippen LogP contribution in [-0.4, -0.2) is 16.2 Å². The maximum atomic E-state index is 11.2. The Morgan fingerprint density at radius 2 is 1.64 bits per heavy atom. The van der Waals surface area contributed by atoms with Gasteiger partial charge in [-0.15, -0.1) is 13.2 Å². The predicted octanol–water partition coefficient (Wildman–Crippen LogP) is 4.21. The molecule has 0 aliphatic rings. The van der Waals surface area contributed by atoms with Crippen LogP contribution in [0, 0.1) is 0 Å². The van der Waals surface area contributed by atoms with Gasteiger partial charge in [-0.25, -0.2) is 4.79 Å². The molecule has 2 rings (SSSR count). The molecule has 22 heavy (non-hydrogen) atoms. The van der Waals surface area contributed by atoms with Crippen LogP contribution in [0.4, 0.5) is 0 Å². The van der Waals surface area contributed by atoms with Crippen molar-refractivity contribution >= 4 is 5.97 Å². The molecule has 0 spiro atoms. The van der Waals surface area contributed by atoms with Crippen molar-refractivity contribution in [2.24, 2.45) is 0 Å². The summed E-state index contributed by atoms with van der Waals surface area (Å²) in [5, 5.41) is 19.5. The minimum absolute atomic E-state index is 0.101. The highest BCUT2D eigenvalue weighted by Crippen LogP contribution is 2.36. The van der Waals surface area contributed by atoms with E-state index in [-0.39, 0.29) is 11.3 Å². The summed E-state index contributed by atoms with van der Waals surface area (Å²) in [5.41, 5.74) is 3.35. The second kappa shape index (κ2) is 6.76. The summed E-state index contributed by atoms with van der Waals surface area (Å²) in [7, 11) is 0. The molecule has 2 aromatic carbocycles. The van der Waals surface area contributed by atoms with E-state index in [0.29, 0.717) is 18.4 Å². The van der Waals surface area contributed by atoms with E-state index in [0.717, 1.165) is 16.7 Å². The summed E-state index contributed by atoms with van der Waals surface area (Å²) in [6.45, 7) is 7.54. The molecule has 0 bridgehead atoms. The minimum atomic E-state index is -1.15. The number of aromatic carboxylic acids is 1. The predicted molar refractivity (Wildman–Crippen MR) is 88.3 cm³/mol. The molecule has 0 radical (unpaired) electrons. The number of carboxylic acids is 1. The minimum Gasteiger partial charge on any atom is -0.506 e. The first kappa shape index (κ1) is 15.6. The van der Waals surface area contributed by atoms with Gasteiger partial charge >= 0.3 is 5.97 Å². The van der Waals surface area contributed by atoms with Crippen molar-refractivity contribution in [1.82, 2.24) is 0 Å². The first-order chi connectivity index (χ1) is 10.6. The molecular formula is C19H18O3. The molecule has 2 N–H and O–H groups in total. The van der Waals surface area contributed by atoms with Crippen molar-refractivity contribution in [3.63, 3.8) is 0 Å². The highest BCUT2D eigenvalue weighted by atomic mass is 16.4. The van der Waals surface area contributed by atoms with Crippen LogP contribution >= 0.6 is 0 Å². The summed E-state index contributed by atoms with van der Waals surface area (Å²) in [5.74, 6) is -1.36. The van der Waals surface area contributed by atoms with Crippen LogP contribution in [0.3, 0.4) is 0 Å². The van der Waals surface area contributed by atoms with E-state index < -0.39 is 5.97 Å². The van der Waals surface area contributed by atoms with Crippen LogP contribution in [0.1, 0.15) is 21.5 Å².